The molecule has 0 bridgehead atoms. The number of nitrogens with one attached hydrogen (secondary N) is 1. The molecule has 3 heterocycles. The zero-order chi connectivity index (χ0) is 18.3. The number of thiazole rings is 1. The van der Waals surface area contributed by atoms with E-state index in [-0.39, 0.29) is 18.5 Å². The topological polar surface area (TPSA) is 116 Å². The lowest BCUT2D eigenvalue weighted by Gasteiger charge is -2.01. The first kappa shape index (κ1) is 16.2. The second-order valence-corrected chi connectivity index (χ2v) is 6.73. The number of rotatable bonds is 4. The van der Waals surface area contributed by atoms with Crippen LogP contribution in [0, 0.1) is 13.8 Å². The number of aromatic nitrogens is 4. The molecule has 0 aliphatic rings. The van der Waals surface area contributed by atoms with Crippen molar-refractivity contribution >= 4 is 34.4 Å². The zero-order valence-corrected chi connectivity index (χ0v) is 14.7. The van der Waals surface area contributed by atoms with Crippen molar-refractivity contribution in [3.8, 4) is 10.8 Å². The van der Waals surface area contributed by atoms with E-state index in [1.54, 1.807) is 24.3 Å². The molecule has 0 atom stereocenters. The van der Waals surface area contributed by atoms with Gasteiger partial charge >= 0.3 is 11.8 Å². The molecular formula is C16H13N5O4S. The summed E-state index contributed by atoms with van der Waals surface area (Å²) in [5.74, 6) is -0.802. The molecule has 1 N–H and O–H groups in total. The maximum atomic E-state index is 12.2. The molecule has 26 heavy (non-hydrogen) atoms. The molecule has 0 saturated heterocycles. The average molecular weight is 371 g/mol. The van der Waals surface area contributed by atoms with Crippen LogP contribution in [-0.4, -0.2) is 25.7 Å². The van der Waals surface area contributed by atoms with E-state index in [4.69, 9.17) is 8.83 Å². The van der Waals surface area contributed by atoms with Crippen molar-refractivity contribution in [2.24, 2.45) is 0 Å². The summed E-state index contributed by atoms with van der Waals surface area (Å²) in [6, 6.07) is 6.83. The molecule has 4 aromatic rings. The quantitative estimate of drug-likeness (QED) is 0.585. The molecular weight excluding hydrogens is 358 g/mol. The van der Waals surface area contributed by atoms with E-state index in [1.807, 2.05) is 13.8 Å². The number of carbonyl (C=O) groups excluding carboxylic acids is 1. The number of hydrogen-bond acceptors (Lipinski definition) is 8. The third-order valence-corrected chi connectivity index (χ3v) is 4.71. The normalized spacial score (nSPS) is 11.2. The number of anilines is 1. The highest BCUT2D eigenvalue weighted by atomic mass is 32.1. The summed E-state index contributed by atoms with van der Waals surface area (Å²) in [6.07, 6.45) is 0. The average Bonchev–Trinajstić information content (AvgIpc) is 3.26. The van der Waals surface area contributed by atoms with E-state index in [9.17, 15) is 9.59 Å². The van der Waals surface area contributed by atoms with Gasteiger partial charge in [0.1, 0.15) is 11.4 Å². The van der Waals surface area contributed by atoms with Crippen LogP contribution in [0.5, 0.6) is 0 Å². The lowest BCUT2D eigenvalue weighted by Crippen LogP contribution is -2.24. The van der Waals surface area contributed by atoms with Crippen LogP contribution in [0.15, 0.2) is 37.9 Å². The Morgan fingerprint density at radius 1 is 1.23 bits per heavy atom. The Hall–Kier alpha value is -3.27. The number of benzene rings is 1. The lowest BCUT2D eigenvalue weighted by atomic mass is 10.3. The molecule has 0 aliphatic heterocycles. The van der Waals surface area contributed by atoms with Gasteiger partial charge in [-0.25, -0.2) is 9.78 Å². The monoisotopic (exact) mass is 371 g/mol. The first-order chi connectivity index (χ1) is 12.5. The highest BCUT2D eigenvalue weighted by molar-refractivity contribution is 7.15. The van der Waals surface area contributed by atoms with Gasteiger partial charge in [-0.1, -0.05) is 17.2 Å². The number of oxazole rings is 1. The smallest absolute Gasteiger partial charge is 0.408 e. The summed E-state index contributed by atoms with van der Waals surface area (Å²) >= 11 is 1.43. The second-order valence-electron chi connectivity index (χ2n) is 5.53. The largest absolute Gasteiger partial charge is 0.420 e. The van der Waals surface area contributed by atoms with Crippen LogP contribution in [0.25, 0.3) is 21.9 Å². The Kier molecular flexibility index (Phi) is 3.88. The van der Waals surface area contributed by atoms with Gasteiger partial charge in [-0.05, 0) is 26.0 Å². The molecule has 0 fully saturated rings. The minimum Gasteiger partial charge on any atom is -0.408 e. The summed E-state index contributed by atoms with van der Waals surface area (Å²) in [5.41, 5.74) is 1.74. The molecule has 3 aromatic heterocycles. The van der Waals surface area contributed by atoms with Gasteiger partial charge in [-0.2, -0.15) is 0 Å². The van der Waals surface area contributed by atoms with Crippen molar-refractivity contribution in [1.29, 1.82) is 0 Å². The van der Waals surface area contributed by atoms with Gasteiger partial charge in [-0.3, -0.25) is 14.7 Å². The standard InChI is InChI=1S/C16H13N5O4S/c1-8-13(26-9(2)17-8)14-19-20-15(25-14)18-12(22)7-21-10-5-3-4-6-11(10)24-16(21)23/h3-6H,7H2,1-2H3,(H,18,20,22). The van der Waals surface area contributed by atoms with Crippen LogP contribution in [0.1, 0.15) is 10.7 Å². The Bertz CT molecular complexity index is 1170. The van der Waals surface area contributed by atoms with Crippen molar-refractivity contribution in [2.75, 3.05) is 5.32 Å². The fourth-order valence-electron chi connectivity index (χ4n) is 2.56. The summed E-state index contributed by atoms with van der Waals surface area (Å²) in [6.45, 7) is 3.50. The molecule has 9 nitrogen and oxygen atoms in total. The summed E-state index contributed by atoms with van der Waals surface area (Å²) < 4.78 is 11.8. The Morgan fingerprint density at radius 2 is 2.04 bits per heavy atom. The molecule has 0 radical (unpaired) electrons. The number of para-hydroxylation sites is 2. The van der Waals surface area contributed by atoms with Crippen molar-refractivity contribution in [2.45, 2.75) is 20.4 Å². The van der Waals surface area contributed by atoms with Crippen LogP contribution in [0.3, 0.4) is 0 Å². The SMILES string of the molecule is Cc1nc(C)c(-c2nnc(NC(=O)Cn3c(=O)oc4ccccc43)o2)s1. The first-order valence-electron chi connectivity index (χ1n) is 7.67. The van der Waals surface area contributed by atoms with Gasteiger partial charge in [0.15, 0.2) is 5.58 Å². The number of carbonyl (C=O) groups is 1. The van der Waals surface area contributed by atoms with Gasteiger partial charge < -0.3 is 8.83 Å². The molecule has 0 aliphatic carbocycles. The van der Waals surface area contributed by atoms with E-state index in [1.165, 1.54) is 15.9 Å². The number of fused-ring (bicyclic) bond motifs is 1. The predicted molar refractivity (Wildman–Crippen MR) is 94.0 cm³/mol. The highest BCUT2D eigenvalue weighted by Crippen LogP contribution is 2.29. The molecule has 0 saturated carbocycles. The summed E-state index contributed by atoms with van der Waals surface area (Å²) in [4.78, 5) is 29.2. The second kappa shape index (κ2) is 6.23. The van der Waals surface area contributed by atoms with E-state index in [2.05, 4.69) is 20.5 Å². The fraction of sp³-hybridized carbons (Fsp3) is 0.188. The number of amides is 1. The van der Waals surface area contributed by atoms with Gasteiger partial charge in [0.25, 0.3) is 5.89 Å². The summed E-state index contributed by atoms with van der Waals surface area (Å²) in [7, 11) is 0. The van der Waals surface area contributed by atoms with Crippen molar-refractivity contribution in [3.05, 3.63) is 45.5 Å². The summed E-state index contributed by atoms with van der Waals surface area (Å²) in [5, 5.41) is 11.1. The van der Waals surface area contributed by atoms with Crippen molar-refractivity contribution < 1.29 is 13.6 Å². The van der Waals surface area contributed by atoms with Crippen molar-refractivity contribution in [3.63, 3.8) is 0 Å². The van der Waals surface area contributed by atoms with Gasteiger partial charge in [0, 0.05) is 0 Å². The van der Waals surface area contributed by atoms with Crippen LogP contribution in [0.4, 0.5) is 6.01 Å². The van der Waals surface area contributed by atoms with Crippen LogP contribution in [-0.2, 0) is 11.3 Å². The van der Waals surface area contributed by atoms with Crippen molar-refractivity contribution in [1.82, 2.24) is 19.7 Å². The molecule has 1 aromatic carbocycles. The lowest BCUT2D eigenvalue weighted by molar-refractivity contribution is -0.116. The Morgan fingerprint density at radius 3 is 2.81 bits per heavy atom. The molecule has 0 unspecified atom stereocenters. The van der Waals surface area contributed by atoms with E-state index in [0.29, 0.717) is 11.1 Å². The van der Waals surface area contributed by atoms with Crippen LogP contribution >= 0.6 is 11.3 Å². The minimum absolute atomic E-state index is 0.0451. The Labute approximate surface area is 150 Å². The number of aryl methyl sites for hydroxylation is 2. The van der Waals surface area contributed by atoms with Gasteiger partial charge in [0.05, 0.1) is 16.2 Å². The molecule has 132 valence electrons. The van der Waals surface area contributed by atoms with E-state index in [0.717, 1.165) is 15.6 Å². The maximum absolute atomic E-state index is 12.2. The number of hydrogen-bond donors (Lipinski definition) is 1. The van der Waals surface area contributed by atoms with E-state index < -0.39 is 11.7 Å². The third-order valence-electron chi connectivity index (χ3n) is 3.64. The maximum Gasteiger partial charge on any atom is 0.420 e. The fourth-order valence-corrected chi connectivity index (χ4v) is 3.40. The van der Waals surface area contributed by atoms with Gasteiger partial charge in [-0.15, -0.1) is 16.4 Å². The molecule has 10 heteroatoms. The minimum atomic E-state index is -0.608. The van der Waals surface area contributed by atoms with Crippen LogP contribution < -0.4 is 11.1 Å². The first-order valence-corrected chi connectivity index (χ1v) is 8.49. The van der Waals surface area contributed by atoms with Gasteiger partial charge in [0.2, 0.25) is 5.91 Å². The number of nitrogens with zero attached hydrogens (tertiary/aromatic N) is 4. The zero-order valence-electron chi connectivity index (χ0n) is 13.8. The molecule has 4 rings (SSSR count). The third kappa shape index (κ3) is 2.90. The molecule has 0 spiro atoms. The Balaban J connectivity index is 1.53. The van der Waals surface area contributed by atoms with E-state index >= 15 is 0 Å². The molecule has 1 amide bonds. The highest BCUT2D eigenvalue weighted by Gasteiger charge is 2.17. The van der Waals surface area contributed by atoms with Crippen LogP contribution in [0.2, 0.25) is 0 Å². The predicted octanol–water partition coefficient (Wildman–Crippen LogP) is 2.36.